The van der Waals surface area contributed by atoms with Gasteiger partial charge in [0.15, 0.2) is 0 Å². The van der Waals surface area contributed by atoms with E-state index in [4.69, 9.17) is 0 Å². The molecule has 1 aliphatic rings. The van der Waals surface area contributed by atoms with Crippen LogP contribution in [0.2, 0.25) is 0 Å². The monoisotopic (exact) mass is 327 g/mol. The molecule has 20 heavy (non-hydrogen) atoms. The van der Waals surface area contributed by atoms with Crippen molar-refractivity contribution < 1.29 is 16.8 Å². The first-order chi connectivity index (χ1) is 9.18. The third kappa shape index (κ3) is 7.53. The first-order valence-electron chi connectivity index (χ1n) is 6.79. The molecule has 1 fully saturated rings. The zero-order chi connectivity index (χ0) is 15.2. The normalized spacial score (nSPS) is 22.0. The number of nitrogens with zero attached hydrogens (tertiary/aromatic N) is 1. The maximum Gasteiger partial charge on any atom is 0.211 e. The zero-order valence-electron chi connectivity index (χ0n) is 12.1. The highest BCUT2D eigenvalue weighted by Gasteiger charge is 2.25. The van der Waals surface area contributed by atoms with Gasteiger partial charge < -0.3 is 5.32 Å². The van der Waals surface area contributed by atoms with Gasteiger partial charge in [-0.15, -0.1) is 0 Å². The van der Waals surface area contributed by atoms with E-state index in [9.17, 15) is 16.8 Å². The highest BCUT2D eigenvalue weighted by Crippen LogP contribution is 2.17. The predicted octanol–water partition coefficient (Wildman–Crippen LogP) is -0.813. The van der Waals surface area contributed by atoms with Crippen LogP contribution in [0.1, 0.15) is 19.3 Å². The van der Waals surface area contributed by atoms with Crippen LogP contribution in [0.25, 0.3) is 0 Å². The summed E-state index contributed by atoms with van der Waals surface area (Å²) in [5.74, 6) is 0.335. The fraction of sp³-hybridized carbons (Fsp3) is 1.00. The molecule has 1 unspecified atom stereocenters. The molecule has 1 rings (SSSR count). The second-order valence-electron chi connectivity index (χ2n) is 5.35. The van der Waals surface area contributed by atoms with Crippen LogP contribution >= 0.6 is 0 Å². The lowest BCUT2D eigenvalue weighted by molar-refractivity contribution is 0.261. The summed E-state index contributed by atoms with van der Waals surface area (Å²) in [4.78, 5) is 0. The average Bonchev–Trinajstić information content (AvgIpc) is 2.31. The van der Waals surface area contributed by atoms with E-state index in [0.29, 0.717) is 25.6 Å². The van der Waals surface area contributed by atoms with Crippen LogP contribution in [0.15, 0.2) is 0 Å². The summed E-state index contributed by atoms with van der Waals surface area (Å²) in [6.45, 7) is 3.11. The smallest absolute Gasteiger partial charge is 0.211 e. The van der Waals surface area contributed by atoms with Crippen LogP contribution in [-0.4, -0.2) is 66.4 Å². The topological polar surface area (TPSA) is 95.6 Å². The van der Waals surface area contributed by atoms with Crippen LogP contribution in [0.3, 0.4) is 0 Å². The molecule has 2 N–H and O–H groups in total. The first-order valence-corrected chi connectivity index (χ1v) is 10.5. The minimum absolute atomic E-state index is 0.335. The summed E-state index contributed by atoms with van der Waals surface area (Å²) in [5, 5.41) is 3.26. The maximum atomic E-state index is 11.5. The van der Waals surface area contributed by atoms with Crippen molar-refractivity contribution in [1.29, 1.82) is 0 Å². The minimum Gasteiger partial charge on any atom is -0.316 e. The fourth-order valence-electron chi connectivity index (χ4n) is 2.27. The number of hydrogen-bond acceptors (Lipinski definition) is 5. The van der Waals surface area contributed by atoms with Gasteiger partial charge in [0.2, 0.25) is 20.0 Å². The van der Waals surface area contributed by atoms with Gasteiger partial charge >= 0.3 is 0 Å². The van der Waals surface area contributed by atoms with Gasteiger partial charge in [0, 0.05) is 19.6 Å². The quantitative estimate of drug-likeness (QED) is 0.568. The second-order valence-corrected chi connectivity index (χ2v) is 9.17. The van der Waals surface area contributed by atoms with E-state index >= 15 is 0 Å². The van der Waals surface area contributed by atoms with Gasteiger partial charge in [0.25, 0.3) is 0 Å². The average molecular weight is 327 g/mol. The van der Waals surface area contributed by atoms with Crippen LogP contribution in [0.4, 0.5) is 0 Å². The van der Waals surface area contributed by atoms with Crippen molar-refractivity contribution in [3.63, 3.8) is 0 Å². The van der Waals surface area contributed by atoms with E-state index in [1.54, 1.807) is 0 Å². The van der Waals surface area contributed by atoms with E-state index in [1.165, 1.54) is 10.6 Å². The van der Waals surface area contributed by atoms with E-state index in [-0.39, 0.29) is 0 Å². The standard InChI is InChI=1S/C11H25N3O4S2/c1-19(15,16)13-7-4-6-12-9-11-5-3-8-14(10-11)20(2,17)18/h11-13H,3-10H2,1-2H3. The van der Waals surface area contributed by atoms with Crippen LogP contribution < -0.4 is 10.0 Å². The van der Waals surface area contributed by atoms with Gasteiger partial charge in [-0.25, -0.2) is 25.9 Å². The van der Waals surface area contributed by atoms with Gasteiger partial charge in [-0.1, -0.05) is 0 Å². The van der Waals surface area contributed by atoms with Crippen molar-refractivity contribution in [3.8, 4) is 0 Å². The number of piperidine rings is 1. The Bertz CT molecular complexity index is 490. The SMILES string of the molecule is CS(=O)(=O)NCCCNCC1CCCN(S(C)(=O)=O)C1. The molecule has 0 spiro atoms. The summed E-state index contributed by atoms with van der Waals surface area (Å²) in [5.41, 5.74) is 0. The molecule has 1 aliphatic heterocycles. The van der Waals surface area contributed by atoms with Gasteiger partial charge in [-0.2, -0.15) is 0 Å². The molecule has 0 aromatic heterocycles. The Kier molecular flexibility index (Phi) is 6.86. The molecule has 0 bridgehead atoms. The molecular formula is C11H25N3O4S2. The highest BCUT2D eigenvalue weighted by molar-refractivity contribution is 7.88. The van der Waals surface area contributed by atoms with E-state index in [2.05, 4.69) is 10.0 Å². The maximum absolute atomic E-state index is 11.5. The first kappa shape index (κ1) is 17.8. The molecule has 0 aromatic carbocycles. The minimum atomic E-state index is -3.11. The van der Waals surface area contributed by atoms with Crippen molar-refractivity contribution >= 4 is 20.0 Å². The summed E-state index contributed by atoms with van der Waals surface area (Å²) in [7, 11) is -6.19. The lowest BCUT2D eigenvalue weighted by Crippen LogP contribution is -2.42. The molecular weight excluding hydrogens is 302 g/mol. The molecule has 0 saturated carbocycles. The van der Waals surface area contributed by atoms with Crippen molar-refractivity contribution in [1.82, 2.24) is 14.3 Å². The summed E-state index contributed by atoms with van der Waals surface area (Å²) < 4.78 is 48.6. The largest absolute Gasteiger partial charge is 0.316 e. The number of sulfonamides is 2. The molecule has 7 nitrogen and oxygen atoms in total. The summed E-state index contributed by atoms with van der Waals surface area (Å²) in [6.07, 6.45) is 5.03. The number of nitrogens with one attached hydrogen (secondary N) is 2. The summed E-state index contributed by atoms with van der Waals surface area (Å²) >= 11 is 0. The fourth-order valence-corrected chi connectivity index (χ4v) is 3.73. The van der Waals surface area contributed by atoms with Crippen molar-refractivity contribution in [2.24, 2.45) is 5.92 Å². The molecule has 0 amide bonds. The molecule has 1 saturated heterocycles. The van der Waals surface area contributed by atoms with Crippen molar-refractivity contribution in [2.75, 3.05) is 45.2 Å². The predicted molar refractivity (Wildman–Crippen MR) is 79.5 cm³/mol. The van der Waals surface area contributed by atoms with Crippen molar-refractivity contribution in [2.45, 2.75) is 19.3 Å². The Morgan fingerprint density at radius 3 is 2.45 bits per heavy atom. The van der Waals surface area contributed by atoms with E-state index in [0.717, 1.165) is 38.6 Å². The Labute approximate surface area is 122 Å². The number of hydrogen-bond donors (Lipinski definition) is 2. The molecule has 0 radical (unpaired) electrons. The molecule has 120 valence electrons. The lowest BCUT2D eigenvalue weighted by Gasteiger charge is -2.31. The van der Waals surface area contributed by atoms with Gasteiger partial charge in [-0.05, 0) is 38.3 Å². The third-order valence-electron chi connectivity index (χ3n) is 3.28. The zero-order valence-corrected chi connectivity index (χ0v) is 13.8. The second kappa shape index (κ2) is 7.69. The van der Waals surface area contributed by atoms with Crippen LogP contribution in [0.5, 0.6) is 0 Å². The Morgan fingerprint density at radius 2 is 1.85 bits per heavy atom. The van der Waals surface area contributed by atoms with Crippen molar-refractivity contribution in [3.05, 3.63) is 0 Å². The molecule has 0 aromatic rings. The van der Waals surface area contributed by atoms with Crippen LogP contribution in [0, 0.1) is 5.92 Å². The van der Waals surface area contributed by atoms with Crippen LogP contribution in [-0.2, 0) is 20.0 Å². The molecule has 1 heterocycles. The summed E-state index contributed by atoms with van der Waals surface area (Å²) in [6, 6.07) is 0. The molecule has 1 atom stereocenters. The van der Waals surface area contributed by atoms with E-state index in [1.807, 2.05) is 0 Å². The third-order valence-corrected chi connectivity index (χ3v) is 5.28. The van der Waals surface area contributed by atoms with E-state index < -0.39 is 20.0 Å². The number of rotatable bonds is 8. The highest BCUT2D eigenvalue weighted by atomic mass is 32.2. The van der Waals surface area contributed by atoms with Gasteiger partial charge in [-0.3, -0.25) is 0 Å². The van der Waals surface area contributed by atoms with Gasteiger partial charge in [0.1, 0.15) is 0 Å². The lowest BCUT2D eigenvalue weighted by atomic mass is 10.00. The Balaban J connectivity index is 2.16. The van der Waals surface area contributed by atoms with Gasteiger partial charge in [0.05, 0.1) is 12.5 Å². The molecule has 0 aliphatic carbocycles. The Morgan fingerprint density at radius 1 is 1.15 bits per heavy atom. The molecule has 9 heteroatoms. The Hall–Kier alpha value is -0.220.